The minimum absolute atomic E-state index is 0.0257. The summed E-state index contributed by atoms with van der Waals surface area (Å²) in [4.78, 5) is 45.1. The molecule has 0 saturated carbocycles. The van der Waals surface area contributed by atoms with E-state index in [1.54, 1.807) is 4.90 Å². The van der Waals surface area contributed by atoms with Gasteiger partial charge in [-0.1, -0.05) is 44.6 Å². The lowest BCUT2D eigenvalue weighted by Gasteiger charge is -2.39. The van der Waals surface area contributed by atoms with E-state index in [0.29, 0.717) is 38.8 Å². The van der Waals surface area contributed by atoms with Crippen LogP contribution in [0.1, 0.15) is 65.7 Å². The molecule has 4 aliphatic rings. The lowest BCUT2D eigenvalue weighted by atomic mass is 9.73. The Kier molecular flexibility index (Phi) is 7.71. The number of esters is 1. The molecular weight excluding hydrogens is 448 g/mol. The van der Waals surface area contributed by atoms with E-state index in [-0.39, 0.29) is 31.1 Å². The maximum absolute atomic E-state index is 14.2. The lowest BCUT2D eigenvalue weighted by Crippen LogP contribution is -2.57. The Morgan fingerprint density at radius 2 is 1.89 bits per heavy atom. The van der Waals surface area contributed by atoms with Gasteiger partial charge in [-0.05, 0) is 45.4 Å². The summed E-state index contributed by atoms with van der Waals surface area (Å²) in [6, 6.07) is -0.803. The number of unbranched alkanes of at least 4 members (excludes halogenated alkanes) is 2. The molecule has 8 nitrogen and oxygen atoms in total. The Labute approximate surface area is 208 Å². The van der Waals surface area contributed by atoms with Gasteiger partial charge >= 0.3 is 5.97 Å². The number of rotatable bonds is 9. The highest BCUT2D eigenvalue weighted by Crippen LogP contribution is 2.58. The molecule has 0 aromatic rings. The predicted molar refractivity (Wildman–Crippen MR) is 130 cm³/mol. The van der Waals surface area contributed by atoms with Gasteiger partial charge in [0, 0.05) is 25.7 Å². The maximum Gasteiger partial charge on any atom is 0.313 e. The standard InChI is InChI=1S/C27H40N2O6/c1-4-12-19(3)28-16-11-14-27-20(21-25(33)34-18-10-7-13-26(21,5-2)35-27)23(31)29(22(27)24(28)32)15-8-6-9-17-30/h7,11,13-14,19-22,30H,4-6,8-10,12,15-18H2,1-3H3/t19?,20-,21+,22?,26-,27-/m0/s1. The van der Waals surface area contributed by atoms with E-state index in [4.69, 9.17) is 9.47 Å². The largest absolute Gasteiger partial charge is 0.465 e. The molecule has 0 aromatic carbocycles. The number of aliphatic hydroxyl groups is 1. The van der Waals surface area contributed by atoms with Crippen LogP contribution in [-0.2, 0) is 23.9 Å². The summed E-state index contributed by atoms with van der Waals surface area (Å²) in [6.07, 6.45) is 12.7. The van der Waals surface area contributed by atoms with Crippen molar-refractivity contribution in [1.29, 1.82) is 0 Å². The molecule has 0 radical (unpaired) electrons. The molecule has 0 aliphatic carbocycles. The molecule has 8 heteroatoms. The zero-order chi connectivity index (χ0) is 25.2. The third kappa shape index (κ3) is 4.22. The van der Waals surface area contributed by atoms with Crippen LogP contribution in [0.4, 0.5) is 0 Å². The number of fused-ring (bicyclic) bond motifs is 2. The number of cyclic esters (lactones) is 1. The molecule has 4 heterocycles. The zero-order valence-corrected chi connectivity index (χ0v) is 21.3. The number of aliphatic hydroxyl groups excluding tert-OH is 1. The first-order chi connectivity index (χ1) is 16.9. The van der Waals surface area contributed by atoms with Crippen LogP contribution in [0, 0.1) is 11.8 Å². The van der Waals surface area contributed by atoms with E-state index < -0.39 is 35.0 Å². The fourth-order valence-electron chi connectivity index (χ4n) is 6.53. The van der Waals surface area contributed by atoms with E-state index >= 15 is 0 Å². The molecule has 2 amide bonds. The van der Waals surface area contributed by atoms with Crippen LogP contribution in [0.25, 0.3) is 0 Å². The van der Waals surface area contributed by atoms with Gasteiger partial charge in [0.15, 0.2) is 0 Å². The third-order valence-electron chi connectivity index (χ3n) is 8.23. The molecule has 2 fully saturated rings. The van der Waals surface area contributed by atoms with Crippen LogP contribution in [0.3, 0.4) is 0 Å². The number of hydrogen-bond acceptors (Lipinski definition) is 6. The van der Waals surface area contributed by atoms with E-state index in [0.717, 1.165) is 19.3 Å². The van der Waals surface area contributed by atoms with Gasteiger partial charge in [-0.15, -0.1) is 0 Å². The molecule has 4 aliphatic heterocycles. The Bertz CT molecular complexity index is 887. The molecule has 4 rings (SSSR count). The fourth-order valence-corrected chi connectivity index (χ4v) is 6.53. The number of nitrogens with zero attached hydrogens (tertiary/aromatic N) is 2. The highest BCUT2D eigenvalue weighted by atomic mass is 16.6. The van der Waals surface area contributed by atoms with Crippen molar-refractivity contribution in [1.82, 2.24) is 9.80 Å². The summed E-state index contributed by atoms with van der Waals surface area (Å²) < 4.78 is 12.4. The maximum atomic E-state index is 14.2. The third-order valence-corrected chi connectivity index (χ3v) is 8.23. The summed E-state index contributed by atoms with van der Waals surface area (Å²) >= 11 is 0. The first-order valence-electron chi connectivity index (χ1n) is 13.3. The monoisotopic (exact) mass is 488 g/mol. The molecule has 2 unspecified atom stereocenters. The lowest BCUT2D eigenvalue weighted by molar-refractivity contribution is -0.162. The number of amides is 2. The van der Waals surface area contributed by atoms with Crippen molar-refractivity contribution in [3.63, 3.8) is 0 Å². The van der Waals surface area contributed by atoms with Crippen molar-refractivity contribution in [3.05, 3.63) is 24.3 Å². The second-order valence-corrected chi connectivity index (χ2v) is 10.3. The van der Waals surface area contributed by atoms with Crippen molar-refractivity contribution in [3.8, 4) is 0 Å². The quantitative estimate of drug-likeness (QED) is 0.305. The van der Waals surface area contributed by atoms with Crippen LogP contribution in [-0.4, -0.2) is 82.3 Å². The molecule has 2 saturated heterocycles. The topological polar surface area (TPSA) is 96.4 Å². The summed E-state index contributed by atoms with van der Waals surface area (Å²) in [5.74, 6) is -2.38. The Balaban J connectivity index is 1.80. The Morgan fingerprint density at radius 1 is 1.09 bits per heavy atom. The second kappa shape index (κ2) is 10.4. The SMILES string of the molecule is CCCC(C)N1CC=C[C@]23O[C@@]4(CC)C=CCCOC(=O)[C@H]4[C@H]2C(=O)N(CCCCCO)C3C1=O. The Hall–Kier alpha value is -2.19. The predicted octanol–water partition coefficient (Wildman–Crippen LogP) is 2.60. The molecule has 0 aromatic heterocycles. The van der Waals surface area contributed by atoms with Gasteiger partial charge in [0.05, 0.1) is 12.5 Å². The molecule has 1 N–H and O–H groups in total. The van der Waals surface area contributed by atoms with Crippen molar-refractivity contribution in [2.45, 2.75) is 89.0 Å². The van der Waals surface area contributed by atoms with Gasteiger partial charge in [-0.3, -0.25) is 14.4 Å². The van der Waals surface area contributed by atoms with Crippen LogP contribution in [0.2, 0.25) is 0 Å². The summed E-state index contributed by atoms with van der Waals surface area (Å²) in [6.45, 7) is 7.29. The second-order valence-electron chi connectivity index (χ2n) is 10.3. The highest BCUT2D eigenvalue weighted by molar-refractivity contribution is 5.99. The van der Waals surface area contributed by atoms with Crippen molar-refractivity contribution in [2.75, 3.05) is 26.3 Å². The summed E-state index contributed by atoms with van der Waals surface area (Å²) in [5.41, 5.74) is -2.21. The average molecular weight is 489 g/mol. The van der Waals surface area contributed by atoms with Crippen LogP contribution in [0.15, 0.2) is 24.3 Å². The number of likely N-dealkylation sites (tertiary alicyclic amines) is 1. The number of hydrogen-bond donors (Lipinski definition) is 1. The highest BCUT2D eigenvalue weighted by Gasteiger charge is 2.75. The van der Waals surface area contributed by atoms with E-state index in [1.165, 1.54) is 0 Å². The van der Waals surface area contributed by atoms with Gasteiger partial charge in [-0.25, -0.2) is 0 Å². The fraction of sp³-hybridized carbons (Fsp3) is 0.741. The minimum Gasteiger partial charge on any atom is -0.465 e. The van der Waals surface area contributed by atoms with Crippen LogP contribution < -0.4 is 0 Å². The van der Waals surface area contributed by atoms with Gasteiger partial charge in [-0.2, -0.15) is 0 Å². The normalized spacial score (nSPS) is 35.2. The molecule has 35 heavy (non-hydrogen) atoms. The van der Waals surface area contributed by atoms with Crippen molar-refractivity contribution in [2.24, 2.45) is 11.8 Å². The summed E-state index contributed by atoms with van der Waals surface area (Å²) in [7, 11) is 0. The van der Waals surface area contributed by atoms with Crippen LogP contribution >= 0.6 is 0 Å². The number of carbonyl (C=O) groups excluding carboxylic acids is 3. The van der Waals surface area contributed by atoms with Gasteiger partial charge in [0.2, 0.25) is 11.8 Å². The molecule has 1 spiro atoms. The number of carbonyl (C=O) groups is 3. The average Bonchev–Trinajstić information content (AvgIpc) is 3.17. The molecule has 0 bridgehead atoms. The minimum atomic E-state index is -1.22. The van der Waals surface area contributed by atoms with Crippen LogP contribution in [0.5, 0.6) is 0 Å². The zero-order valence-electron chi connectivity index (χ0n) is 21.3. The first-order valence-corrected chi connectivity index (χ1v) is 13.3. The van der Waals surface area contributed by atoms with Gasteiger partial charge in [0.1, 0.15) is 23.2 Å². The molecule has 6 atom stereocenters. The van der Waals surface area contributed by atoms with Gasteiger partial charge < -0.3 is 24.4 Å². The van der Waals surface area contributed by atoms with E-state index in [9.17, 15) is 19.5 Å². The molecular formula is C27H40N2O6. The van der Waals surface area contributed by atoms with Crippen molar-refractivity contribution >= 4 is 17.8 Å². The molecule has 194 valence electrons. The van der Waals surface area contributed by atoms with E-state index in [1.807, 2.05) is 43.1 Å². The van der Waals surface area contributed by atoms with Crippen molar-refractivity contribution < 1.29 is 29.0 Å². The van der Waals surface area contributed by atoms with Gasteiger partial charge in [0.25, 0.3) is 0 Å². The number of ether oxygens (including phenoxy) is 2. The smallest absolute Gasteiger partial charge is 0.313 e. The Morgan fingerprint density at radius 3 is 2.60 bits per heavy atom. The first kappa shape index (κ1) is 25.9. The van der Waals surface area contributed by atoms with E-state index in [2.05, 4.69) is 6.92 Å². The summed E-state index contributed by atoms with van der Waals surface area (Å²) in [5, 5.41) is 9.19.